The number of ether oxygens (including phenoxy) is 2. The molecule has 46 heavy (non-hydrogen) atoms. The van der Waals surface area contributed by atoms with Crippen molar-refractivity contribution in [3.63, 3.8) is 0 Å². The summed E-state index contributed by atoms with van der Waals surface area (Å²) in [5.41, 5.74) is 0. The maximum absolute atomic E-state index is 12.9. The molecule has 11 heteroatoms. The largest absolute Gasteiger partial charge is 0.394 e. The van der Waals surface area contributed by atoms with Gasteiger partial charge in [-0.15, -0.1) is 0 Å². The van der Waals surface area contributed by atoms with E-state index in [1.165, 1.54) is 32.1 Å². The van der Waals surface area contributed by atoms with Gasteiger partial charge in [0.2, 0.25) is 5.91 Å². The molecule has 0 aliphatic carbocycles. The molecular formula is C35H65NO10. The summed E-state index contributed by atoms with van der Waals surface area (Å²) >= 11 is 0. The van der Waals surface area contributed by atoms with Gasteiger partial charge in [-0.25, -0.2) is 0 Å². The van der Waals surface area contributed by atoms with Gasteiger partial charge in [-0.05, 0) is 57.8 Å². The van der Waals surface area contributed by atoms with E-state index in [4.69, 9.17) is 9.47 Å². The first kappa shape index (κ1) is 42.6. The maximum atomic E-state index is 12.9. The number of carbonyl (C=O) groups excluding carboxylic acids is 1. The number of amides is 1. The van der Waals surface area contributed by atoms with Crippen LogP contribution in [0.2, 0.25) is 0 Å². The predicted molar refractivity (Wildman–Crippen MR) is 178 cm³/mol. The van der Waals surface area contributed by atoms with E-state index >= 15 is 0 Å². The Balaban J connectivity index is 2.67. The molecule has 9 atom stereocenters. The highest BCUT2D eigenvalue weighted by Crippen LogP contribution is 2.23. The number of unbranched alkanes of at least 4 members (excludes halogenated alkanes) is 11. The van der Waals surface area contributed by atoms with Gasteiger partial charge in [-0.3, -0.25) is 4.79 Å². The first-order valence-corrected chi connectivity index (χ1v) is 17.7. The molecule has 0 bridgehead atoms. The average Bonchev–Trinajstić information content (AvgIpc) is 3.05. The van der Waals surface area contributed by atoms with Crippen LogP contribution in [-0.2, 0) is 14.3 Å². The van der Waals surface area contributed by atoms with Crippen LogP contribution in [0.1, 0.15) is 123 Å². The van der Waals surface area contributed by atoms with E-state index in [-0.39, 0.29) is 12.8 Å². The summed E-state index contributed by atoms with van der Waals surface area (Å²) in [6.45, 7) is 3.27. The number of hydrogen-bond donors (Lipinski definition) is 8. The highest BCUT2D eigenvalue weighted by molar-refractivity contribution is 5.80. The standard InChI is InChI=1S/C35H65NO10/c1-3-5-7-9-11-13-15-16-18-20-22-27(38)30(40)26(25-45-35-33(43)32(42)31(41)29(24-37)46-35)36-34(44)28(39)23-21-19-17-14-12-10-8-6-4-2/h10,12,15-16,26-33,35,37-43H,3-9,11,13-14,17-25H2,1-2H3,(H,36,44)/b12-10-,16-15+. The summed E-state index contributed by atoms with van der Waals surface area (Å²) in [5, 5.41) is 74.8. The van der Waals surface area contributed by atoms with Crippen molar-refractivity contribution in [3.8, 4) is 0 Å². The topological polar surface area (TPSA) is 189 Å². The van der Waals surface area contributed by atoms with Crippen LogP contribution in [0.5, 0.6) is 0 Å². The lowest BCUT2D eigenvalue weighted by Gasteiger charge is -2.40. The second kappa shape index (κ2) is 26.5. The van der Waals surface area contributed by atoms with Crippen LogP contribution >= 0.6 is 0 Å². The Morgan fingerprint density at radius 1 is 0.739 bits per heavy atom. The summed E-state index contributed by atoms with van der Waals surface area (Å²) in [6, 6.07) is -1.18. The maximum Gasteiger partial charge on any atom is 0.249 e. The number of aliphatic hydroxyl groups is 7. The minimum Gasteiger partial charge on any atom is -0.394 e. The van der Waals surface area contributed by atoms with Gasteiger partial charge in [-0.2, -0.15) is 0 Å². The van der Waals surface area contributed by atoms with Gasteiger partial charge < -0.3 is 50.5 Å². The number of rotatable bonds is 27. The minimum atomic E-state index is -1.67. The van der Waals surface area contributed by atoms with Crippen molar-refractivity contribution in [2.75, 3.05) is 13.2 Å². The third-order valence-electron chi connectivity index (χ3n) is 8.48. The van der Waals surface area contributed by atoms with Gasteiger partial charge in [0, 0.05) is 0 Å². The molecule has 1 aliphatic rings. The molecule has 0 aromatic heterocycles. The lowest BCUT2D eigenvalue weighted by molar-refractivity contribution is -0.303. The van der Waals surface area contributed by atoms with Crippen molar-refractivity contribution in [2.45, 2.75) is 178 Å². The van der Waals surface area contributed by atoms with Gasteiger partial charge in [0.05, 0.1) is 25.4 Å². The lowest BCUT2D eigenvalue weighted by Crippen LogP contribution is -2.60. The molecule has 1 heterocycles. The third-order valence-corrected chi connectivity index (χ3v) is 8.48. The van der Waals surface area contributed by atoms with Gasteiger partial charge in [0.1, 0.15) is 36.6 Å². The average molecular weight is 660 g/mol. The number of carbonyl (C=O) groups is 1. The van der Waals surface area contributed by atoms with Gasteiger partial charge >= 0.3 is 0 Å². The number of aliphatic hydroxyl groups excluding tert-OH is 7. The van der Waals surface area contributed by atoms with Crippen molar-refractivity contribution in [1.82, 2.24) is 5.32 Å². The summed E-state index contributed by atoms with van der Waals surface area (Å²) in [6.07, 6.45) is 12.7. The van der Waals surface area contributed by atoms with E-state index in [0.717, 1.165) is 51.4 Å². The van der Waals surface area contributed by atoms with E-state index in [1.54, 1.807) is 0 Å². The second-order valence-corrected chi connectivity index (χ2v) is 12.6. The Labute approximate surface area is 276 Å². The smallest absolute Gasteiger partial charge is 0.249 e. The summed E-state index contributed by atoms with van der Waals surface area (Å²) < 4.78 is 11.0. The van der Waals surface area contributed by atoms with Crippen LogP contribution in [0, 0.1) is 0 Å². The van der Waals surface area contributed by atoms with E-state index in [9.17, 15) is 40.5 Å². The summed E-state index contributed by atoms with van der Waals surface area (Å²) in [7, 11) is 0. The fourth-order valence-electron chi connectivity index (χ4n) is 5.36. The molecule has 1 fully saturated rings. The van der Waals surface area contributed by atoms with Gasteiger partial charge in [0.15, 0.2) is 6.29 Å². The molecule has 0 aromatic carbocycles. The van der Waals surface area contributed by atoms with E-state index in [1.807, 2.05) is 0 Å². The Morgan fingerprint density at radius 2 is 1.30 bits per heavy atom. The molecule has 1 saturated heterocycles. The molecule has 1 rings (SSSR count). The van der Waals surface area contributed by atoms with Crippen LogP contribution in [-0.4, -0.2) is 110 Å². The highest BCUT2D eigenvalue weighted by Gasteiger charge is 2.44. The first-order chi connectivity index (χ1) is 22.2. The van der Waals surface area contributed by atoms with Crippen molar-refractivity contribution in [1.29, 1.82) is 0 Å². The molecule has 1 aliphatic heterocycles. The van der Waals surface area contributed by atoms with Crippen molar-refractivity contribution < 1.29 is 50.0 Å². The van der Waals surface area contributed by atoms with Crippen LogP contribution in [0.4, 0.5) is 0 Å². The van der Waals surface area contributed by atoms with Crippen molar-refractivity contribution in [3.05, 3.63) is 24.3 Å². The number of hydrogen-bond acceptors (Lipinski definition) is 10. The van der Waals surface area contributed by atoms with Crippen molar-refractivity contribution in [2.24, 2.45) is 0 Å². The zero-order valence-corrected chi connectivity index (χ0v) is 28.3. The zero-order chi connectivity index (χ0) is 34.2. The first-order valence-electron chi connectivity index (χ1n) is 17.7. The number of nitrogens with one attached hydrogen (secondary N) is 1. The SMILES string of the molecule is CCCC/C=C\CCCCCC(O)C(=O)NC(COC1OC(CO)C(O)C(O)C1O)C(O)C(O)CCC/C=C/CCCCCCC. The van der Waals surface area contributed by atoms with E-state index in [2.05, 4.69) is 43.5 Å². The molecule has 11 nitrogen and oxygen atoms in total. The molecule has 0 saturated carbocycles. The third kappa shape index (κ3) is 17.7. The fraction of sp³-hybridized carbons (Fsp3) is 0.857. The molecule has 270 valence electrons. The summed E-state index contributed by atoms with van der Waals surface area (Å²) in [5.74, 6) is -0.727. The Bertz CT molecular complexity index is 810. The normalized spacial score (nSPS) is 24.8. The highest BCUT2D eigenvalue weighted by atomic mass is 16.7. The van der Waals surface area contributed by atoms with Crippen LogP contribution in [0.3, 0.4) is 0 Å². The molecule has 9 unspecified atom stereocenters. The van der Waals surface area contributed by atoms with E-state index < -0.39 is 74.2 Å². The molecular weight excluding hydrogens is 594 g/mol. The second-order valence-electron chi connectivity index (χ2n) is 12.6. The van der Waals surface area contributed by atoms with Crippen LogP contribution in [0.25, 0.3) is 0 Å². The molecule has 0 aromatic rings. The Hall–Kier alpha value is -1.41. The quantitative estimate of drug-likeness (QED) is 0.0481. The Kier molecular flexibility index (Phi) is 24.6. The molecule has 1 amide bonds. The molecule has 0 radical (unpaired) electrons. The van der Waals surface area contributed by atoms with Crippen molar-refractivity contribution >= 4 is 5.91 Å². The lowest BCUT2D eigenvalue weighted by atomic mass is 9.98. The van der Waals surface area contributed by atoms with Crippen LogP contribution in [0.15, 0.2) is 24.3 Å². The number of allylic oxidation sites excluding steroid dienone is 4. The Morgan fingerprint density at radius 3 is 1.91 bits per heavy atom. The van der Waals surface area contributed by atoms with Gasteiger partial charge in [-0.1, -0.05) is 89.5 Å². The fourth-order valence-corrected chi connectivity index (χ4v) is 5.36. The zero-order valence-electron chi connectivity index (χ0n) is 28.3. The molecule has 8 N–H and O–H groups in total. The molecule has 0 spiro atoms. The van der Waals surface area contributed by atoms with E-state index in [0.29, 0.717) is 12.8 Å². The van der Waals surface area contributed by atoms with Gasteiger partial charge in [0.25, 0.3) is 0 Å². The minimum absolute atomic E-state index is 0.231. The predicted octanol–water partition coefficient (Wildman–Crippen LogP) is 3.15. The monoisotopic (exact) mass is 659 g/mol. The van der Waals surface area contributed by atoms with Crippen LogP contribution < -0.4 is 5.32 Å². The summed E-state index contributed by atoms with van der Waals surface area (Å²) in [4.78, 5) is 12.9.